The molecule has 2 aromatic rings. The minimum Gasteiger partial charge on any atom is -0.324 e. The lowest BCUT2D eigenvalue weighted by Gasteiger charge is -2.06. The van der Waals surface area contributed by atoms with Gasteiger partial charge in [-0.05, 0) is 25.1 Å². The summed E-state index contributed by atoms with van der Waals surface area (Å²) in [5.74, 6) is -0.0713. The summed E-state index contributed by atoms with van der Waals surface area (Å²) in [6.45, 7) is 2.16. The summed E-state index contributed by atoms with van der Waals surface area (Å²) in [4.78, 5) is 11.7. The quantitative estimate of drug-likeness (QED) is 0.849. The summed E-state index contributed by atoms with van der Waals surface area (Å²) >= 11 is 0. The van der Waals surface area contributed by atoms with Gasteiger partial charge < -0.3 is 5.32 Å². The zero-order chi connectivity index (χ0) is 11.4. The lowest BCUT2D eigenvalue weighted by atomic mass is 10.3. The molecule has 1 amide bonds. The first-order valence-electron chi connectivity index (χ1n) is 5.09. The molecule has 4 nitrogen and oxygen atoms in total. The fourth-order valence-corrected chi connectivity index (χ4v) is 1.42. The SMILES string of the molecule is Cc1ccnn1CC(=O)Nc1ccccc1. The summed E-state index contributed by atoms with van der Waals surface area (Å²) in [6, 6.07) is 11.3. The van der Waals surface area contributed by atoms with Crippen molar-refractivity contribution in [1.82, 2.24) is 9.78 Å². The van der Waals surface area contributed by atoms with Crippen molar-refractivity contribution in [1.29, 1.82) is 0 Å². The topological polar surface area (TPSA) is 46.9 Å². The van der Waals surface area contributed by atoms with Crippen LogP contribution < -0.4 is 5.32 Å². The molecule has 0 radical (unpaired) electrons. The molecule has 0 saturated carbocycles. The Bertz CT molecular complexity index is 476. The van der Waals surface area contributed by atoms with Crippen molar-refractivity contribution in [2.45, 2.75) is 13.5 Å². The molecule has 0 aliphatic heterocycles. The molecule has 0 unspecified atom stereocenters. The van der Waals surface area contributed by atoms with Crippen LogP contribution in [0.2, 0.25) is 0 Å². The number of nitrogens with zero attached hydrogens (tertiary/aromatic N) is 2. The van der Waals surface area contributed by atoms with Crippen molar-refractivity contribution >= 4 is 11.6 Å². The van der Waals surface area contributed by atoms with Crippen LogP contribution in [0.25, 0.3) is 0 Å². The largest absolute Gasteiger partial charge is 0.324 e. The summed E-state index contributed by atoms with van der Waals surface area (Å²) < 4.78 is 1.66. The first-order chi connectivity index (χ1) is 7.75. The highest BCUT2D eigenvalue weighted by molar-refractivity contribution is 5.90. The normalized spacial score (nSPS) is 10.1. The van der Waals surface area contributed by atoms with Crippen LogP contribution in [0.5, 0.6) is 0 Å². The summed E-state index contributed by atoms with van der Waals surface area (Å²) in [5, 5.41) is 6.86. The molecule has 1 N–H and O–H groups in total. The number of carbonyl (C=O) groups excluding carboxylic acids is 1. The van der Waals surface area contributed by atoms with Gasteiger partial charge >= 0.3 is 0 Å². The number of carbonyl (C=O) groups is 1. The van der Waals surface area contributed by atoms with Crippen LogP contribution in [0, 0.1) is 6.92 Å². The summed E-state index contributed by atoms with van der Waals surface area (Å²) in [6.07, 6.45) is 1.69. The number of hydrogen-bond donors (Lipinski definition) is 1. The predicted molar refractivity (Wildman–Crippen MR) is 62.0 cm³/mol. The Hall–Kier alpha value is -2.10. The van der Waals surface area contributed by atoms with E-state index in [0.29, 0.717) is 0 Å². The Morgan fingerprint density at radius 3 is 2.69 bits per heavy atom. The van der Waals surface area contributed by atoms with Gasteiger partial charge in [-0.15, -0.1) is 0 Å². The van der Waals surface area contributed by atoms with Gasteiger partial charge in [-0.25, -0.2) is 0 Å². The van der Waals surface area contributed by atoms with E-state index >= 15 is 0 Å². The zero-order valence-corrected chi connectivity index (χ0v) is 9.05. The van der Waals surface area contributed by atoms with E-state index in [1.165, 1.54) is 0 Å². The minimum atomic E-state index is -0.0713. The first kappa shape index (κ1) is 10.4. The van der Waals surface area contributed by atoms with Gasteiger partial charge in [-0.2, -0.15) is 5.10 Å². The highest BCUT2D eigenvalue weighted by atomic mass is 16.2. The van der Waals surface area contributed by atoms with Gasteiger partial charge in [0.15, 0.2) is 0 Å². The van der Waals surface area contributed by atoms with E-state index < -0.39 is 0 Å². The van der Waals surface area contributed by atoms with Gasteiger partial charge in [-0.3, -0.25) is 9.48 Å². The number of para-hydroxylation sites is 1. The molecule has 16 heavy (non-hydrogen) atoms. The summed E-state index contributed by atoms with van der Waals surface area (Å²) in [5.41, 5.74) is 1.78. The van der Waals surface area contributed by atoms with E-state index in [1.54, 1.807) is 10.9 Å². The lowest BCUT2D eigenvalue weighted by Crippen LogP contribution is -2.20. The summed E-state index contributed by atoms with van der Waals surface area (Å²) in [7, 11) is 0. The van der Waals surface area contributed by atoms with Gasteiger partial charge in [0.1, 0.15) is 6.54 Å². The van der Waals surface area contributed by atoms with Crippen molar-refractivity contribution in [3.8, 4) is 0 Å². The van der Waals surface area contributed by atoms with Crippen molar-refractivity contribution in [2.75, 3.05) is 5.32 Å². The Labute approximate surface area is 93.9 Å². The van der Waals surface area contributed by atoms with Crippen LogP contribution in [0.3, 0.4) is 0 Å². The van der Waals surface area contributed by atoms with E-state index in [-0.39, 0.29) is 12.5 Å². The molecule has 4 heteroatoms. The molecule has 1 aromatic carbocycles. The van der Waals surface area contributed by atoms with Crippen LogP contribution in [-0.4, -0.2) is 15.7 Å². The highest BCUT2D eigenvalue weighted by Crippen LogP contribution is 2.05. The molecular formula is C12H13N3O. The van der Waals surface area contributed by atoms with Crippen LogP contribution in [0.4, 0.5) is 5.69 Å². The number of anilines is 1. The molecule has 1 aromatic heterocycles. The van der Waals surface area contributed by atoms with Crippen molar-refractivity contribution < 1.29 is 4.79 Å². The van der Waals surface area contributed by atoms with Crippen molar-refractivity contribution in [2.24, 2.45) is 0 Å². The number of amides is 1. The van der Waals surface area contributed by atoms with Crippen LogP contribution >= 0.6 is 0 Å². The molecule has 0 spiro atoms. The maximum Gasteiger partial charge on any atom is 0.246 e. The fraction of sp³-hybridized carbons (Fsp3) is 0.167. The molecule has 0 saturated heterocycles. The van der Waals surface area contributed by atoms with Crippen molar-refractivity contribution in [3.63, 3.8) is 0 Å². The zero-order valence-electron chi connectivity index (χ0n) is 9.05. The Morgan fingerprint density at radius 2 is 2.06 bits per heavy atom. The first-order valence-corrected chi connectivity index (χ1v) is 5.09. The Kier molecular flexibility index (Phi) is 3.00. The van der Waals surface area contributed by atoms with E-state index in [9.17, 15) is 4.79 Å². The van der Waals surface area contributed by atoms with Gasteiger partial charge in [0.25, 0.3) is 0 Å². The minimum absolute atomic E-state index is 0.0713. The van der Waals surface area contributed by atoms with Gasteiger partial charge in [0.05, 0.1) is 0 Å². The maximum atomic E-state index is 11.7. The second-order valence-corrected chi connectivity index (χ2v) is 3.54. The van der Waals surface area contributed by atoms with Gasteiger partial charge in [0, 0.05) is 17.6 Å². The number of aryl methyl sites for hydroxylation is 1. The molecule has 0 fully saturated rings. The predicted octanol–water partition coefficient (Wildman–Crippen LogP) is 1.83. The number of rotatable bonds is 3. The Morgan fingerprint density at radius 1 is 1.31 bits per heavy atom. The Balaban J connectivity index is 1.98. The number of hydrogen-bond acceptors (Lipinski definition) is 2. The average Bonchev–Trinajstić information content (AvgIpc) is 2.66. The second kappa shape index (κ2) is 4.61. The molecule has 0 aliphatic carbocycles. The van der Waals surface area contributed by atoms with E-state index in [1.807, 2.05) is 43.3 Å². The number of aromatic nitrogens is 2. The van der Waals surface area contributed by atoms with Crippen LogP contribution in [-0.2, 0) is 11.3 Å². The lowest BCUT2D eigenvalue weighted by molar-refractivity contribution is -0.116. The second-order valence-electron chi connectivity index (χ2n) is 3.54. The third kappa shape index (κ3) is 2.48. The smallest absolute Gasteiger partial charge is 0.246 e. The van der Waals surface area contributed by atoms with Gasteiger partial charge in [0.2, 0.25) is 5.91 Å². The van der Waals surface area contributed by atoms with E-state index in [2.05, 4.69) is 10.4 Å². The molecular weight excluding hydrogens is 202 g/mol. The van der Waals surface area contributed by atoms with Crippen LogP contribution in [0.15, 0.2) is 42.6 Å². The van der Waals surface area contributed by atoms with E-state index in [4.69, 9.17) is 0 Å². The monoisotopic (exact) mass is 215 g/mol. The number of nitrogens with one attached hydrogen (secondary N) is 1. The average molecular weight is 215 g/mol. The van der Waals surface area contributed by atoms with Gasteiger partial charge in [-0.1, -0.05) is 18.2 Å². The highest BCUT2D eigenvalue weighted by Gasteiger charge is 2.05. The van der Waals surface area contributed by atoms with E-state index in [0.717, 1.165) is 11.4 Å². The third-order valence-corrected chi connectivity index (χ3v) is 2.28. The molecule has 82 valence electrons. The molecule has 1 heterocycles. The fourth-order valence-electron chi connectivity index (χ4n) is 1.42. The molecule has 0 aliphatic rings. The third-order valence-electron chi connectivity index (χ3n) is 2.28. The molecule has 0 atom stereocenters. The maximum absolute atomic E-state index is 11.7. The van der Waals surface area contributed by atoms with Crippen molar-refractivity contribution in [3.05, 3.63) is 48.3 Å². The molecule has 0 bridgehead atoms. The standard InChI is InChI=1S/C12H13N3O/c1-10-7-8-13-15(10)9-12(16)14-11-5-3-2-4-6-11/h2-8H,9H2,1H3,(H,14,16). The molecule has 2 rings (SSSR count). The van der Waals surface area contributed by atoms with Crippen LogP contribution in [0.1, 0.15) is 5.69 Å². The number of benzene rings is 1.